The molecular formula is C18H14N6O2. The molecule has 8 nitrogen and oxygen atoms in total. The second kappa shape index (κ2) is 6.52. The molecule has 8 heteroatoms. The first-order valence-corrected chi connectivity index (χ1v) is 7.86. The van der Waals surface area contributed by atoms with Crippen LogP contribution in [-0.2, 0) is 0 Å². The molecule has 0 atom stereocenters. The molecule has 26 heavy (non-hydrogen) atoms. The van der Waals surface area contributed by atoms with Gasteiger partial charge in [-0.3, -0.25) is 14.9 Å². The number of amides is 2. The fourth-order valence-corrected chi connectivity index (χ4v) is 2.53. The third kappa shape index (κ3) is 3.03. The van der Waals surface area contributed by atoms with E-state index in [1.807, 2.05) is 30.3 Å². The number of para-hydroxylation sites is 3. The number of hydrogen-bond acceptors (Lipinski definition) is 4. The average Bonchev–Trinajstić information content (AvgIpc) is 3.29. The number of anilines is 2. The Morgan fingerprint density at radius 3 is 2.46 bits per heavy atom. The molecule has 4 rings (SSSR count). The lowest BCUT2D eigenvalue weighted by Gasteiger charge is -2.05. The van der Waals surface area contributed by atoms with E-state index in [4.69, 9.17) is 0 Å². The maximum atomic E-state index is 12.5. The number of aromatic amines is 2. The van der Waals surface area contributed by atoms with Crippen LogP contribution in [0.3, 0.4) is 0 Å². The Morgan fingerprint density at radius 1 is 0.885 bits per heavy atom. The molecule has 0 spiro atoms. The van der Waals surface area contributed by atoms with E-state index in [2.05, 4.69) is 30.6 Å². The molecule has 128 valence electrons. The highest BCUT2D eigenvalue weighted by atomic mass is 16.2. The molecule has 0 aliphatic rings. The lowest BCUT2D eigenvalue weighted by atomic mass is 10.2. The Balaban J connectivity index is 1.53. The van der Waals surface area contributed by atoms with Crippen LogP contribution in [0.15, 0.2) is 60.9 Å². The van der Waals surface area contributed by atoms with Crippen LogP contribution >= 0.6 is 0 Å². The van der Waals surface area contributed by atoms with Crippen molar-refractivity contribution in [1.82, 2.24) is 19.9 Å². The molecular weight excluding hydrogens is 332 g/mol. The highest BCUT2D eigenvalue weighted by Crippen LogP contribution is 2.15. The second-order valence-corrected chi connectivity index (χ2v) is 5.50. The van der Waals surface area contributed by atoms with Crippen LogP contribution < -0.4 is 10.6 Å². The molecule has 0 fully saturated rings. The van der Waals surface area contributed by atoms with Crippen LogP contribution in [0.4, 0.5) is 11.6 Å². The number of fused-ring (bicyclic) bond motifs is 1. The summed E-state index contributed by atoms with van der Waals surface area (Å²) in [5.41, 5.74) is 2.20. The lowest BCUT2D eigenvalue weighted by Crippen LogP contribution is -2.20. The summed E-state index contributed by atoms with van der Waals surface area (Å²) in [4.78, 5) is 38.8. The first-order chi connectivity index (χ1) is 12.7. The molecule has 0 unspecified atom stereocenters. The van der Waals surface area contributed by atoms with Crippen molar-refractivity contribution in [2.24, 2.45) is 0 Å². The van der Waals surface area contributed by atoms with Gasteiger partial charge < -0.3 is 15.3 Å². The van der Waals surface area contributed by atoms with Gasteiger partial charge in [0.15, 0.2) is 5.69 Å². The Labute approximate surface area is 147 Å². The molecule has 0 bridgehead atoms. The van der Waals surface area contributed by atoms with Crippen LogP contribution in [-0.4, -0.2) is 31.8 Å². The van der Waals surface area contributed by atoms with E-state index < -0.39 is 11.8 Å². The molecule has 2 amide bonds. The molecule has 0 saturated carbocycles. The molecule has 0 saturated heterocycles. The Hall–Kier alpha value is -3.94. The summed E-state index contributed by atoms with van der Waals surface area (Å²) >= 11 is 0. The molecule has 4 N–H and O–H groups in total. The van der Waals surface area contributed by atoms with Crippen molar-refractivity contribution in [2.45, 2.75) is 0 Å². The summed E-state index contributed by atoms with van der Waals surface area (Å²) in [6.45, 7) is 0. The zero-order valence-electron chi connectivity index (χ0n) is 13.5. The van der Waals surface area contributed by atoms with E-state index in [0.29, 0.717) is 11.6 Å². The molecule has 2 aromatic heterocycles. The number of nitrogens with zero attached hydrogens (tertiary/aromatic N) is 2. The fourth-order valence-electron chi connectivity index (χ4n) is 2.53. The minimum atomic E-state index is -0.514. The topological polar surface area (TPSA) is 116 Å². The molecule has 0 aliphatic carbocycles. The van der Waals surface area contributed by atoms with Gasteiger partial charge in [0.05, 0.1) is 17.4 Å². The number of imidazole rings is 2. The Kier molecular flexibility index (Phi) is 3.91. The van der Waals surface area contributed by atoms with Gasteiger partial charge in [-0.2, -0.15) is 0 Å². The quantitative estimate of drug-likeness (QED) is 0.455. The van der Waals surface area contributed by atoms with Crippen molar-refractivity contribution in [3.8, 4) is 0 Å². The molecule has 0 aliphatic heterocycles. The minimum Gasteiger partial charge on any atom is -0.340 e. The number of H-pyrrole nitrogens is 2. The molecule has 0 radical (unpaired) electrons. The fraction of sp³-hybridized carbons (Fsp3) is 0. The zero-order chi connectivity index (χ0) is 17.9. The summed E-state index contributed by atoms with van der Waals surface area (Å²) in [7, 11) is 0. The third-order valence-corrected chi connectivity index (χ3v) is 3.73. The van der Waals surface area contributed by atoms with E-state index in [-0.39, 0.29) is 11.4 Å². The normalized spacial score (nSPS) is 10.6. The maximum Gasteiger partial charge on any atom is 0.276 e. The summed E-state index contributed by atoms with van der Waals surface area (Å²) in [6.07, 6.45) is 1.30. The SMILES string of the molecule is O=C(Nc1ccccc1)c1nc[nH]c1C(=O)Nc1nc2ccccc2[nH]1. The predicted octanol–water partition coefficient (Wildman–Crippen LogP) is 2.79. The predicted molar refractivity (Wildman–Crippen MR) is 97.0 cm³/mol. The molecule has 4 aromatic rings. The minimum absolute atomic E-state index is 0.00228. The zero-order valence-corrected chi connectivity index (χ0v) is 13.5. The van der Waals surface area contributed by atoms with Crippen molar-refractivity contribution in [3.05, 3.63) is 72.3 Å². The standard InChI is InChI=1S/C18H14N6O2/c25-16(21-11-6-2-1-3-7-11)14-15(20-10-19-14)17(26)24-18-22-12-8-4-5-9-13(12)23-18/h1-10H,(H,19,20)(H,21,25)(H2,22,23,24,26). The number of benzene rings is 2. The van der Waals surface area contributed by atoms with Gasteiger partial charge in [-0.15, -0.1) is 0 Å². The van der Waals surface area contributed by atoms with Crippen LogP contribution in [0.1, 0.15) is 21.0 Å². The number of aromatic nitrogens is 4. The summed E-state index contributed by atoms with van der Waals surface area (Å²) in [5, 5.41) is 5.34. The van der Waals surface area contributed by atoms with Gasteiger partial charge >= 0.3 is 0 Å². The molecule has 2 heterocycles. The van der Waals surface area contributed by atoms with Gasteiger partial charge in [0.1, 0.15) is 5.69 Å². The van der Waals surface area contributed by atoms with Gasteiger partial charge in [0.25, 0.3) is 11.8 Å². The van der Waals surface area contributed by atoms with Gasteiger partial charge in [0, 0.05) is 5.69 Å². The summed E-state index contributed by atoms with van der Waals surface area (Å²) in [6, 6.07) is 16.4. The van der Waals surface area contributed by atoms with Crippen LogP contribution in [0.25, 0.3) is 11.0 Å². The Bertz CT molecular complexity index is 1050. The van der Waals surface area contributed by atoms with Crippen LogP contribution in [0, 0.1) is 0 Å². The lowest BCUT2D eigenvalue weighted by molar-refractivity contribution is 0.0985. The van der Waals surface area contributed by atoms with Gasteiger partial charge in [-0.1, -0.05) is 30.3 Å². The summed E-state index contributed by atoms with van der Waals surface area (Å²) in [5.74, 6) is -0.702. The Morgan fingerprint density at radius 2 is 1.65 bits per heavy atom. The largest absolute Gasteiger partial charge is 0.340 e. The number of carbonyl (C=O) groups is 2. The number of nitrogens with one attached hydrogen (secondary N) is 4. The monoisotopic (exact) mass is 346 g/mol. The number of hydrogen-bond donors (Lipinski definition) is 4. The van der Waals surface area contributed by atoms with E-state index in [1.54, 1.807) is 24.3 Å². The highest BCUT2D eigenvalue weighted by molar-refractivity contribution is 6.13. The van der Waals surface area contributed by atoms with Crippen molar-refractivity contribution >= 4 is 34.5 Å². The smallest absolute Gasteiger partial charge is 0.276 e. The van der Waals surface area contributed by atoms with E-state index in [0.717, 1.165) is 11.0 Å². The van der Waals surface area contributed by atoms with Crippen molar-refractivity contribution in [2.75, 3.05) is 10.6 Å². The van der Waals surface area contributed by atoms with E-state index >= 15 is 0 Å². The first kappa shape index (κ1) is 15.6. The van der Waals surface area contributed by atoms with E-state index in [1.165, 1.54) is 6.33 Å². The van der Waals surface area contributed by atoms with Crippen molar-refractivity contribution in [1.29, 1.82) is 0 Å². The number of rotatable bonds is 4. The first-order valence-electron chi connectivity index (χ1n) is 7.86. The van der Waals surface area contributed by atoms with Crippen LogP contribution in [0.2, 0.25) is 0 Å². The maximum absolute atomic E-state index is 12.5. The van der Waals surface area contributed by atoms with Crippen LogP contribution in [0.5, 0.6) is 0 Å². The van der Waals surface area contributed by atoms with E-state index in [9.17, 15) is 9.59 Å². The van der Waals surface area contributed by atoms with Gasteiger partial charge in [0.2, 0.25) is 5.95 Å². The third-order valence-electron chi connectivity index (χ3n) is 3.73. The average molecular weight is 346 g/mol. The van der Waals surface area contributed by atoms with Gasteiger partial charge in [-0.25, -0.2) is 9.97 Å². The van der Waals surface area contributed by atoms with Crippen molar-refractivity contribution < 1.29 is 9.59 Å². The summed E-state index contributed by atoms with van der Waals surface area (Å²) < 4.78 is 0. The highest BCUT2D eigenvalue weighted by Gasteiger charge is 2.21. The number of carbonyl (C=O) groups excluding carboxylic acids is 2. The van der Waals surface area contributed by atoms with Gasteiger partial charge in [-0.05, 0) is 24.3 Å². The molecule has 2 aromatic carbocycles. The van der Waals surface area contributed by atoms with Crippen molar-refractivity contribution in [3.63, 3.8) is 0 Å². The second-order valence-electron chi connectivity index (χ2n) is 5.50.